The first-order chi connectivity index (χ1) is 10.1. The lowest BCUT2D eigenvalue weighted by Crippen LogP contribution is -2.25. The van der Waals surface area contributed by atoms with Crippen LogP contribution in [-0.2, 0) is 6.42 Å². The zero-order valence-electron chi connectivity index (χ0n) is 13.6. The van der Waals surface area contributed by atoms with Gasteiger partial charge in [-0.05, 0) is 62.9 Å². The summed E-state index contributed by atoms with van der Waals surface area (Å²) in [6.07, 6.45) is 6.02. The van der Waals surface area contributed by atoms with Crippen molar-refractivity contribution in [3.63, 3.8) is 0 Å². The molecule has 1 unspecified atom stereocenters. The summed E-state index contributed by atoms with van der Waals surface area (Å²) in [5.41, 5.74) is 6.68. The molecule has 0 saturated heterocycles. The zero-order chi connectivity index (χ0) is 15.2. The summed E-state index contributed by atoms with van der Waals surface area (Å²) in [4.78, 5) is 4.31. The van der Waals surface area contributed by atoms with Crippen molar-refractivity contribution < 1.29 is 0 Å². The van der Waals surface area contributed by atoms with E-state index in [2.05, 4.69) is 62.3 Å². The number of aromatic nitrogens is 1. The van der Waals surface area contributed by atoms with Crippen molar-refractivity contribution in [1.29, 1.82) is 0 Å². The van der Waals surface area contributed by atoms with Gasteiger partial charge < -0.3 is 5.32 Å². The fourth-order valence-corrected chi connectivity index (χ4v) is 2.87. The molecule has 21 heavy (non-hydrogen) atoms. The summed E-state index contributed by atoms with van der Waals surface area (Å²) < 4.78 is 0. The van der Waals surface area contributed by atoms with Gasteiger partial charge in [0.2, 0.25) is 0 Å². The smallest absolute Gasteiger partial charge is 0.0378 e. The Morgan fingerprint density at radius 2 is 1.81 bits per heavy atom. The van der Waals surface area contributed by atoms with Gasteiger partial charge in [-0.2, -0.15) is 0 Å². The molecule has 0 fully saturated rings. The summed E-state index contributed by atoms with van der Waals surface area (Å²) in [5.74, 6) is 0. The normalized spacial score (nSPS) is 12.4. The monoisotopic (exact) mass is 282 g/mol. The molecule has 0 aliphatic carbocycles. The molecule has 0 spiro atoms. The van der Waals surface area contributed by atoms with E-state index in [-0.39, 0.29) is 0 Å². The molecular formula is C19H26N2. The molecule has 0 aliphatic rings. The van der Waals surface area contributed by atoms with E-state index < -0.39 is 0 Å². The highest BCUT2D eigenvalue weighted by Gasteiger charge is 2.14. The Labute approximate surface area is 128 Å². The first kappa shape index (κ1) is 15.7. The molecule has 0 aliphatic heterocycles. The molecule has 2 aromatic rings. The third-order valence-corrected chi connectivity index (χ3v) is 3.82. The highest BCUT2D eigenvalue weighted by atomic mass is 14.9. The SMILES string of the molecule is CCCNC(Cc1cc(C)cc(C)c1)c1cnccc1C. The van der Waals surface area contributed by atoms with Crippen LogP contribution in [0.2, 0.25) is 0 Å². The summed E-state index contributed by atoms with van der Waals surface area (Å²) in [6, 6.07) is 9.24. The van der Waals surface area contributed by atoms with Gasteiger partial charge >= 0.3 is 0 Å². The van der Waals surface area contributed by atoms with Crippen molar-refractivity contribution >= 4 is 0 Å². The van der Waals surface area contributed by atoms with Crippen molar-refractivity contribution in [1.82, 2.24) is 10.3 Å². The summed E-state index contributed by atoms with van der Waals surface area (Å²) in [6.45, 7) is 9.74. The molecule has 2 heteroatoms. The molecule has 2 rings (SSSR count). The van der Waals surface area contributed by atoms with Gasteiger partial charge in [0.05, 0.1) is 0 Å². The Morgan fingerprint density at radius 3 is 2.43 bits per heavy atom. The van der Waals surface area contributed by atoms with Gasteiger partial charge in [-0.1, -0.05) is 36.2 Å². The Balaban J connectivity index is 2.26. The number of hydrogen-bond donors (Lipinski definition) is 1. The van der Waals surface area contributed by atoms with Crippen molar-refractivity contribution in [3.05, 3.63) is 64.5 Å². The van der Waals surface area contributed by atoms with E-state index in [1.54, 1.807) is 0 Å². The number of hydrogen-bond acceptors (Lipinski definition) is 2. The Morgan fingerprint density at radius 1 is 1.10 bits per heavy atom. The topological polar surface area (TPSA) is 24.9 Å². The number of benzene rings is 1. The second-order valence-electron chi connectivity index (χ2n) is 5.94. The average molecular weight is 282 g/mol. The highest BCUT2D eigenvalue weighted by Crippen LogP contribution is 2.22. The van der Waals surface area contributed by atoms with Crippen LogP contribution in [-0.4, -0.2) is 11.5 Å². The first-order valence-electron chi connectivity index (χ1n) is 7.81. The second kappa shape index (κ2) is 7.37. The largest absolute Gasteiger partial charge is 0.310 e. The van der Waals surface area contributed by atoms with Crippen LogP contribution in [0.1, 0.15) is 47.2 Å². The molecule has 1 atom stereocenters. The maximum atomic E-state index is 4.31. The summed E-state index contributed by atoms with van der Waals surface area (Å²) in [5, 5.41) is 3.67. The molecule has 1 aromatic carbocycles. The Bertz CT molecular complexity index is 570. The van der Waals surface area contributed by atoms with Crippen LogP contribution < -0.4 is 5.32 Å². The van der Waals surface area contributed by atoms with E-state index >= 15 is 0 Å². The number of rotatable bonds is 6. The third-order valence-electron chi connectivity index (χ3n) is 3.82. The van der Waals surface area contributed by atoms with Crippen LogP contribution in [0.25, 0.3) is 0 Å². The predicted molar refractivity (Wildman–Crippen MR) is 89.6 cm³/mol. The van der Waals surface area contributed by atoms with E-state index in [4.69, 9.17) is 0 Å². The highest BCUT2D eigenvalue weighted by molar-refractivity contribution is 5.32. The van der Waals surface area contributed by atoms with Gasteiger partial charge in [-0.3, -0.25) is 4.98 Å². The van der Waals surface area contributed by atoms with Gasteiger partial charge in [0.25, 0.3) is 0 Å². The lowest BCUT2D eigenvalue weighted by atomic mass is 9.95. The molecule has 0 saturated carbocycles. The molecule has 0 amide bonds. The fourth-order valence-electron chi connectivity index (χ4n) is 2.87. The van der Waals surface area contributed by atoms with E-state index in [1.165, 1.54) is 27.8 Å². The van der Waals surface area contributed by atoms with Crippen LogP contribution in [0.4, 0.5) is 0 Å². The van der Waals surface area contributed by atoms with E-state index in [0.717, 1.165) is 19.4 Å². The molecule has 0 radical (unpaired) electrons. The summed E-state index contributed by atoms with van der Waals surface area (Å²) in [7, 11) is 0. The van der Waals surface area contributed by atoms with Crippen LogP contribution in [0, 0.1) is 20.8 Å². The lowest BCUT2D eigenvalue weighted by Gasteiger charge is -2.21. The van der Waals surface area contributed by atoms with Crippen molar-refractivity contribution in [2.75, 3.05) is 6.54 Å². The minimum Gasteiger partial charge on any atom is -0.310 e. The van der Waals surface area contributed by atoms with Crippen LogP contribution >= 0.6 is 0 Å². The van der Waals surface area contributed by atoms with Gasteiger partial charge in [0.1, 0.15) is 0 Å². The molecule has 2 nitrogen and oxygen atoms in total. The van der Waals surface area contributed by atoms with Crippen LogP contribution in [0.5, 0.6) is 0 Å². The van der Waals surface area contributed by atoms with Gasteiger partial charge in [-0.25, -0.2) is 0 Å². The predicted octanol–water partition coefficient (Wildman–Crippen LogP) is 4.29. The number of pyridine rings is 1. The Hall–Kier alpha value is -1.67. The molecule has 112 valence electrons. The van der Waals surface area contributed by atoms with Crippen molar-refractivity contribution in [2.45, 2.75) is 46.6 Å². The Kier molecular flexibility index (Phi) is 5.51. The molecule has 0 bridgehead atoms. The van der Waals surface area contributed by atoms with Crippen LogP contribution in [0.3, 0.4) is 0 Å². The number of aryl methyl sites for hydroxylation is 3. The minimum absolute atomic E-state index is 0.333. The zero-order valence-corrected chi connectivity index (χ0v) is 13.6. The number of nitrogens with zero attached hydrogens (tertiary/aromatic N) is 1. The van der Waals surface area contributed by atoms with Crippen molar-refractivity contribution in [2.24, 2.45) is 0 Å². The quantitative estimate of drug-likeness (QED) is 0.855. The van der Waals surface area contributed by atoms with Crippen LogP contribution in [0.15, 0.2) is 36.7 Å². The van der Waals surface area contributed by atoms with Gasteiger partial charge in [0.15, 0.2) is 0 Å². The maximum absolute atomic E-state index is 4.31. The van der Waals surface area contributed by atoms with Crippen molar-refractivity contribution in [3.8, 4) is 0 Å². The third kappa shape index (κ3) is 4.40. The van der Waals surface area contributed by atoms with E-state index in [1.807, 2.05) is 12.4 Å². The molecule has 1 heterocycles. The van der Waals surface area contributed by atoms with E-state index in [0.29, 0.717) is 6.04 Å². The molecular weight excluding hydrogens is 256 g/mol. The molecule has 1 N–H and O–H groups in total. The maximum Gasteiger partial charge on any atom is 0.0378 e. The minimum atomic E-state index is 0.333. The lowest BCUT2D eigenvalue weighted by molar-refractivity contribution is 0.525. The van der Waals surface area contributed by atoms with E-state index in [9.17, 15) is 0 Å². The first-order valence-corrected chi connectivity index (χ1v) is 7.81. The van der Waals surface area contributed by atoms with Gasteiger partial charge in [-0.15, -0.1) is 0 Å². The second-order valence-corrected chi connectivity index (χ2v) is 5.94. The average Bonchev–Trinajstić information content (AvgIpc) is 2.43. The molecule has 1 aromatic heterocycles. The fraction of sp³-hybridized carbons (Fsp3) is 0.421. The number of nitrogens with one attached hydrogen (secondary N) is 1. The van der Waals surface area contributed by atoms with Gasteiger partial charge in [0, 0.05) is 18.4 Å². The summed E-state index contributed by atoms with van der Waals surface area (Å²) >= 11 is 0. The standard InChI is InChI=1S/C19H26N2/c1-5-7-21-19(18-13-20-8-6-16(18)4)12-17-10-14(2)9-15(3)11-17/h6,8-11,13,19,21H,5,7,12H2,1-4H3.